The summed E-state index contributed by atoms with van der Waals surface area (Å²) in [6.07, 6.45) is 6.66. The second kappa shape index (κ2) is 14.8. The van der Waals surface area contributed by atoms with E-state index in [4.69, 9.17) is 0 Å². The molecule has 0 aromatic heterocycles. The molecule has 12 rings (SSSR count). The Morgan fingerprint density at radius 2 is 0.931 bits per heavy atom. The number of carbonyl (C=O) groups is 4. The fourth-order valence-electron chi connectivity index (χ4n) is 12.0. The first kappa shape index (κ1) is 38.2. The topological polar surface area (TPSA) is 74.8 Å². The van der Waals surface area contributed by atoms with Crippen molar-refractivity contribution in [2.24, 2.45) is 71.0 Å². The van der Waals surface area contributed by atoms with Crippen LogP contribution in [-0.2, 0) is 19.2 Å². The van der Waals surface area contributed by atoms with Gasteiger partial charge < -0.3 is 0 Å². The van der Waals surface area contributed by atoms with Gasteiger partial charge in [0, 0.05) is 5.56 Å². The summed E-state index contributed by atoms with van der Waals surface area (Å²) in [5.74, 6) is 1.95. The predicted octanol–water partition coefficient (Wildman–Crippen LogP) is 10.7. The molecule has 2 saturated heterocycles. The molecule has 2 saturated carbocycles. The second-order valence-electron chi connectivity index (χ2n) is 18.4. The van der Waals surface area contributed by atoms with Gasteiger partial charge in [-0.1, -0.05) is 142 Å². The van der Waals surface area contributed by atoms with Crippen molar-refractivity contribution in [3.63, 3.8) is 0 Å². The molecule has 4 aromatic carbocycles. The van der Waals surface area contributed by atoms with E-state index < -0.39 is 0 Å². The largest absolute Gasteiger partial charge is 0.274 e. The number of fused-ring (bicyclic) bond motifs is 2. The van der Waals surface area contributed by atoms with Gasteiger partial charge in [0.05, 0.1) is 35.0 Å². The zero-order valence-corrected chi connectivity index (χ0v) is 34.4. The van der Waals surface area contributed by atoms with Crippen LogP contribution in [0.25, 0.3) is 22.3 Å². The van der Waals surface area contributed by atoms with Crippen LogP contribution < -0.4 is 9.80 Å². The summed E-state index contributed by atoms with van der Waals surface area (Å²) in [5.41, 5.74) is 8.10. The van der Waals surface area contributed by atoms with Gasteiger partial charge in [-0.05, 0) is 109 Å². The van der Waals surface area contributed by atoms with Crippen LogP contribution in [0.15, 0.2) is 132 Å². The standard InChI is InChI=1S/2C26H27NO2/c1-15(2)19-14-20-16(3)13-21(19)24-23(20)25(28)27(26(24)29)22-12-8-7-11-18(22)17-9-5-4-6-10-17;1-15(2)20-14-21-16(3)12-22(20)24-23(21)25(28)27(26(24)29)19-11-7-10-18(13-19)17-8-5-4-6-9-17/h4-13,15,19-21,23-24H,14H2,1-3H3;4-13,15,20-24H,14H2,1-3H3/t19-,20?,21?,23?,24?;20-,21?,22?,23?,24?/m00/s1. The molecule has 8 aliphatic rings. The number of benzene rings is 4. The van der Waals surface area contributed by atoms with Gasteiger partial charge in [0.2, 0.25) is 23.6 Å². The molecular weight excluding hydrogens is 717 g/mol. The van der Waals surface area contributed by atoms with Crippen LogP contribution in [0.3, 0.4) is 0 Å². The molecule has 58 heavy (non-hydrogen) atoms. The highest BCUT2D eigenvalue weighted by atomic mass is 16.2. The number of amides is 4. The van der Waals surface area contributed by atoms with Crippen molar-refractivity contribution >= 4 is 35.0 Å². The number of nitrogens with zero attached hydrogens (tertiary/aromatic N) is 2. The lowest BCUT2D eigenvalue weighted by atomic mass is 9.54. The highest BCUT2D eigenvalue weighted by Gasteiger charge is 2.62. The average Bonchev–Trinajstić information content (AvgIpc) is 3.67. The molecule has 0 radical (unpaired) electrons. The molecule has 8 unspecified atom stereocenters. The van der Waals surface area contributed by atoms with Gasteiger partial charge in [-0.25, -0.2) is 9.80 Å². The zero-order valence-electron chi connectivity index (χ0n) is 34.4. The summed E-state index contributed by atoms with van der Waals surface area (Å²) in [4.78, 5) is 57.3. The molecule has 2 heterocycles. The Labute approximate surface area is 343 Å². The second-order valence-corrected chi connectivity index (χ2v) is 18.4. The Balaban J connectivity index is 0.000000150. The number of hydrogen-bond acceptors (Lipinski definition) is 4. The van der Waals surface area contributed by atoms with E-state index in [0.29, 0.717) is 29.4 Å². The van der Waals surface area contributed by atoms with Crippen LogP contribution >= 0.6 is 0 Å². The first-order chi connectivity index (χ1) is 28.0. The van der Waals surface area contributed by atoms with E-state index in [1.807, 2.05) is 109 Å². The van der Waals surface area contributed by atoms with Crippen molar-refractivity contribution in [3.8, 4) is 22.3 Å². The molecule has 2 aliphatic heterocycles. The third-order valence-corrected chi connectivity index (χ3v) is 14.8. The molecule has 4 fully saturated rings. The molecule has 0 N–H and O–H groups in total. The minimum atomic E-state index is -0.207. The normalized spacial score (nSPS) is 30.7. The summed E-state index contributed by atoms with van der Waals surface area (Å²) in [5, 5.41) is 0. The lowest BCUT2D eigenvalue weighted by Crippen LogP contribution is -2.46. The van der Waals surface area contributed by atoms with E-state index in [1.54, 1.807) is 0 Å². The van der Waals surface area contributed by atoms with Crippen LogP contribution in [0.1, 0.15) is 54.4 Å². The number of para-hydroxylation sites is 1. The molecule has 6 aliphatic carbocycles. The van der Waals surface area contributed by atoms with Gasteiger partial charge in [0.1, 0.15) is 0 Å². The molecule has 10 atom stereocenters. The Kier molecular flexibility index (Phi) is 9.73. The maximum Gasteiger partial charge on any atom is 0.238 e. The minimum Gasteiger partial charge on any atom is -0.274 e. The summed E-state index contributed by atoms with van der Waals surface area (Å²) in [7, 11) is 0. The van der Waals surface area contributed by atoms with Crippen molar-refractivity contribution in [3.05, 3.63) is 132 Å². The van der Waals surface area contributed by atoms with Gasteiger partial charge in [-0.3, -0.25) is 19.2 Å². The number of rotatable bonds is 6. The van der Waals surface area contributed by atoms with Crippen molar-refractivity contribution in [2.75, 3.05) is 9.80 Å². The summed E-state index contributed by atoms with van der Waals surface area (Å²) in [6, 6.07) is 35.7. The van der Waals surface area contributed by atoms with E-state index in [-0.39, 0.29) is 71.0 Å². The van der Waals surface area contributed by atoms with Crippen LogP contribution in [0.5, 0.6) is 0 Å². The van der Waals surface area contributed by atoms with Crippen molar-refractivity contribution < 1.29 is 19.2 Å². The molecule has 4 amide bonds. The summed E-state index contributed by atoms with van der Waals surface area (Å²) >= 11 is 0. The highest BCUT2D eigenvalue weighted by molar-refractivity contribution is 6.24. The SMILES string of the molecule is CC1=CC2C3C(=O)N(c4cccc(-c5ccccc5)c4)C(=O)C3C1C[C@H]2C(C)C.CC1=CC2C3C(=O)N(c4ccccc4-c4ccccc4)C(=O)C3C1C[C@H]2C(C)C. The van der Waals surface area contributed by atoms with E-state index >= 15 is 0 Å². The van der Waals surface area contributed by atoms with Gasteiger partial charge >= 0.3 is 0 Å². The summed E-state index contributed by atoms with van der Waals surface area (Å²) in [6.45, 7) is 13.3. The van der Waals surface area contributed by atoms with Gasteiger partial charge in [0.25, 0.3) is 0 Å². The van der Waals surface area contributed by atoms with Crippen LogP contribution in [-0.4, -0.2) is 23.6 Å². The van der Waals surface area contributed by atoms with Crippen molar-refractivity contribution in [1.82, 2.24) is 0 Å². The first-order valence-electron chi connectivity index (χ1n) is 21.4. The molecule has 6 nitrogen and oxygen atoms in total. The molecule has 4 aromatic rings. The fourth-order valence-corrected chi connectivity index (χ4v) is 12.0. The molecular formula is C52H54N2O4. The fraction of sp³-hybridized carbons (Fsp3) is 0.385. The number of imide groups is 2. The first-order valence-corrected chi connectivity index (χ1v) is 21.4. The van der Waals surface area contributed by atoms with E-state index in [1.165, 1.54) is 20.9 Å². The van der Waals surface area contributed by atoms with Gasteiger partial charge in [-0.2, -0.15) is 0 Å². The van der Waals surface area contributed by atoms with E-state index in [2.05, 4.69) is 53.7 Å². The monoisotopic (exact) mass is 770 g/mol. The van der Waals surface area contributed by atoms with Crippen LogP contribution in [0, 0.1) is 71.0 Å². The highest BCUT2D eigenvalue weighted by Crippen LogP contribution is 2.58. The maximum atomic E-state index is 13.7. The minimum absolute atomic E-state index is 0.00475. The van der Waals surface area contributed by atoms with Crippen LogP contribution in [0.2, 0.25) is 0 Å². The number of anilines is 2. The van der Waals surface area contributed by atoms with E-state index in [9.17, 15) is 19.2 Å². The average molecular weight is 771 g/mol. The predicted molar refractivity (Wildman–Crippen MR) is 230 cm³/mol. The van der Waals surface area contributed by atoms with E-state index in [0.717, 1.165) is 40.8 Å². The van der Waals surface area contributed by atoms with Crippen LogP contribution in [0.4, 0.5) is 11.4 Å². The lowest BCUT2D eigenvalue weighted by molar-refractivity contribution is -0.127. The third-order valence-electron chi connectivity index (χ3n) is 14.8. The number of allylic oxidation sites excluding steroid dienone is 4. The van der Waals surface area contributed by atoms with Crippen molar-refractivity contribution in [2.45, 2.75) is 54.4 Å². The Morgan fingerprint density at radius 3 is 1.48 bits per heavy atom. The quantitative estimate of drug-likeness (QED) is 0.145. The Hall–Kier alpha value is -5.36. The molecule has 4 bridgehead atoms. The Morgan fingerprint density at radius 1 is 0.483 bits per heavy atom. The number of carbonyl (C=O) groups excluding carboxylic acids is 4. The maximum absolute atomic E-state index is 13.7. The third kappa shape index (κ3) is 6.05. The van der Waals surface area contributed by atoms with Crippen molar-refractivity contribution in [1.29, 1.82) is 0 Å². The Bertz CT molecular complexity index is 2340. The number of hydrogen-bond donors (Lipinski definition) is 0. The summed E-state index contributed by atoms with van der Waals surface area (Å²) < 4.78 is 0. The van der Waals surface area contributed by atoms with Gasteiger partial charge in [-0.15, -0.1) is 0 Å². The molecule has 296 valence electrons. The zero-order chi connectivity index (χ0) is 40.6. The smallest absolute Gasteiger partial charge is 0.238 e. The lowest BCUT2D eigenvalue weighted by Gasteiger charge is -2.48. The van der Waals surface area contributed by atoms with Gasteiger partial charge in [0.15, 0.2) is 0 Å². The molecule has 6 heteroatoms. The molecule has 0 spiro atoms.